The summed E-state index contributed by atoms with van der Waals surface area (Å²) in [6, 6.07) is 3.73. The van der Waals surface area contributed by atoms with Crippen molar-refractivity contribution in [2.45, 2.75) is 64.2 Å². The van der Waals surface area contributed by atoms with E-state index in [9.17, 15) is 14.7 Å². The van der Waals surface area contributed by atoms with Gasteiger partial charge in [-0.15, -0.1) is 0 Å². The summed E-state index contributed by atoms with van der Waals surface area (Å²) in [6.07, 6.45) is 12.2. The van der Waals surface area contributed by atoms with Gasteiger partial charge in [-0.05, 0) is 37.5 Å². The molecule has 0 unspecified atom stereocenters. The van der Waals surface area contributed by atoms with Crippen molar-refractivity contribution >= 4 is 11.9 Å². The molecule has 0 radical (unpaired) electrons. The number of unbranched alkanes of at least 4 members (excludes halogenated alkanes) is 9. The van der Waals surface area contributed by atoms with E-state index in [1.807, 2.05) is 0 Å². The van der Waals surface area contributed by atoms with Crippen LogP contribution in [0.1, 0.15) is 84.9 Å². The zero-order valence-corrected chi connectivity index (χ0v) is 21.2. The number of rotatable bonds is 16. The Morgan fingerprint density at radius 3 is 1.77 bits per heavy atom. The maximum Gasteiger partial charge on any atom is 1.00 e. The molecule has 164 valence electrons. The summed E-state index contributed by atoms with van der Waals surface area (Å²) < 4.78 is 6.59. The standard InChI is InChI=1S/C23H37NO5.Na/c1-24(2,3)14-12-10-8-6-4-5-7-9-11-13-15-29-21-17-19(22(25)26)16-20(18-21)23(27)28;/h16-18H,4-15H2,1-3H3,(H-,25,26,27,28);/q;+1. The number of nitrogens with zero attached hydrogens (tertiary/aromatic N) is 1. The molecular formula is C23H37NNaO5+. The number of benzene rings is 1. The minimum Gasteiger partial charge on any atom is -0.545 e. The SMILES string of the molecule is C[N+](C)(C)CCCCCCCCCCCCOc1cc(C(=O)[O-])cc(C(=O)O)c1.[Na+]. The van der Waals surface area contributed by atoms with Gasteiger partial charge in [0, 0.05) is 5.56 Å². The van der Waals surface area contributed by atoms with Crippen molar-refractivity contribution in [2.75, 3.05) is 34.3 Å². The van der Waals surface area contributed by atoms with Gasteiger partial charge in [-0.1, -0.05) is 44.9 Å². The zero-order chi connectivity index (χ0) is 21.7. The molecule has 1 N–H and O–H groups in total. The molecule has 0 aromatic heterocycles. The maximum atomic E-state index is 11.1. The molecule has 6 nitrogen and oxygen atoms in total. The molecule has 0 aliphatic carbocycles. The predicted octanol–water partition coefficient (Wildman–Crippen LogP) is 0.738. The zero-order valence-electron chi connectivity index (χ0n) is 19.2. The molecule has 1 rings (SSSR count). The third-order valence-electron chi connectivity index (χ3n) is 4.88. The van der Waals surface area contributed by atoms with Gasteiger partial charge in [0.25, 0.3) is 0 Å². The Balaban J connectivity index is 0.00000841. The minimum atomic E-state index is -1.41. The summed E-state index contributed by atoms with van der Waals surface area (Å²) in [4.78, 5) is 22.1. The number of hydrogen-bond donors (Lipinski definition) is 1. The molecule has 1 aromatic rings. The predicted molar refractivity (Wildman–Crippen MR) is 112 cm³/mol. The van der Waals surface area contributed by atoms with Gasteiger partial charge < -0.3 is 24.2 Å². The van der Waals surface area contributed by atoms with Gasteiger partial charge in [0.05, 0.1) is 45.8 Å². The van der Waals surface area contributed by atoms with Crippen LogP contribution >= 0.6 is 0 Å². The van der Waals surface area contributed by atoms with E-state index < -0.39 is 11.9 Å². The van der Waals surface area contributed by atoms with E-state index >= 15 is 0 Å². The second-order valence-electron chi connectivity index (χ2n) is 8.74. The molecule has 0 saturated heterocycles. The van der Waals surface area contributed by atoms with E-state index in [4.69, 9.17) is 9.84 Å². The molecule has 0 fully saturated rings. The van der Waals surface area contributed by atoms with Gasteiger partial charge in [0.15, 0.2) is 0 Å². The Kier molecular flexibility index (Phi) is 15.1. The second-order valence-corrected chi connectivity index (χ2v) is 8.74. The number of carboxylic acid groups (broad SMARTS) is 2. The molecule has 0 bridgehead atoms. The normalized spacial score (nSPS) is 11.0. The van der Waals surface area contributed by atoms with Crippen molar-refractivity contribution in [3.05, 3.63) is 29.3 Å². The third kappa shape index (κ3) is 14.0. The van der Waals surface area contributed by atoms with Crippen LogP contribution in [0.15, 0.2) is 18.2 Å². The first kappa shape index (κ1) is 28.9. The molecule has 0 saturated carbocycles. The van der Waals surface area contributed by atoms with Crippen molar-refractivity contribution in [1.29, 1.82) is 0 Å². The number of aromatic carboxylic acids is 2. The van der Waals surface area contributed by atoms with Gasteiger partial charge in [0.2, 0.25) is 0 Å². The summed E-state index contributed by atoms with van der Waals surface area (Å²) in [6.45, 7) is 1.69. The van der Waals surface area contributed by atoms with Gasteiger partial charge in [0.1, 0.15) is 5.75 Å². The van der Waals surface area contributed by atoms with Crippen molar-refractivity contribution in [3.63, 3.8) is 0 Å². The molecule has 0 atom stereocenters. The van der Waals surface area contributed by atoms with Crippen LogP contribution in [0.4, 0.5) is 0 Å². The maximum absolute atomic E-state index is 11.1. The summed E-state index contributed by atoms with van der Waals surface area (Å²) in [5.41, 5.74) is -0.295. The number of carboxylic acids is 2. The minimum absolute atomic E-state index is 0. The fourth-order valence-corrected chi connectivity index (χ4v) is 3.22. The smallest absolute Gasteiger partial charge is 0.545 e. The first-order chi connectivity index (χ1) is 13.7. The molecule has 1 aromatic carbocycles. The van der Waals surface area contributed by atoms with Crippen molar-refractivity contribution in [2.24, 2.45) is 0 Å². The van der Waals surface area contributed by atoms with Crippen LogP contribution in [0, 0.1) is 0 Å². The van der Waals surface area contributed by atoms with E-state index in [-0.39, 0.29) is 46.4 Å². The number of carbonyl (C=O) groups is 2. The van der Waals surface area contributed by atoms with E-state index in [1.165, 1.54) is 63.6 Å². The molecule has 0 heterocycles. The van der Waals surface area contributed by atoms with Crippen molar-refractivity contribution < 1.29 is 58.6 Å². The summed E-state index contributed by atoms with van der Waals surface area (Å²) >= 11 is 0. The third-order valence-corrected chi connectivity index (χ3v) is 4.88. The number of quaternary nitrogens is 1. The second kappa shape index (κ2) is 15.7. The van der Waals surface area contributed by atoms with E-state index in [0.29, 0.717) is 6.61 Å². The van der Waals surface area contributed by atoms with E-state index in [0.717, 1.165) is 29.8 Å². The molecule has 30 heavy (non-hydrogen) atoms. The van der Waals surface area contributed by atoms with E-state index in [2.05, 4.69) is 21.1 Å². The van der Waals surface area contributed by atoms with Crippen LogP contribution in [0.3, 0.4) is 0 Å². The molecule has 0 spiro atoms. The van der Waals surface area contributed by atoms with Crippen LogP contribution in [0.25, 0.3) is 0 Å². The van der Waals surface area contributed by atoms with Crippen LogP contribution in [-0.2, 0) is 0 Å². The number of carbonyl (C=O) groups excluding carboxylic acids is 1. The van der Waals surface area contributed by atoms with Gasteiger partial charge in [-0.2, -0.15) is 0 Å². The van der Waals surface area contributed by atoms with Crippen LogP contribution < -0.4 is 39.4 Å². The van der Waals surface area contributed by atoms with E-state index in [1.54, 1.807) is 0 Å². The fourth-order valence-electron chi connectivity index (χ4n) is 3.22. The Labute approximate surface area is 203 Å². The molecule has 0 aliphatic heterocycles. The van der Waals surface area contributed by atoms with Crippen molar-refractivity contribution in [1.82, 2.24) is 0 Å². The largest absolute Gasteiger partial charge is 1.00 e. The quantitative estimate of drug-likeness (QED) is 0.237. The first-order valence-corrected chi connectivity index (χ1v) is 10.7. The number of ether oxygens (including phenoxy) is 1. The Morgan fingerprint density at radius 2 is 1.30 bits per heavy atom. The molecule has 7 heteroatoms. The fraction of sp³-hybridized carbons (Fsp3) is 0.652. The Morgan fingerprint density at radius 1 is 0.833 bits per heavy atom. The Hall–Kier alpha value is -1.08. The van der Waals surface area contributed by atoms with Crippen LogP contribution in [0.2, 0.25) is 0 Å². The van der Waals surface area contributed by atoms with Crippen LogP contribution in [-0.4, -0.2) is 55.8 Å². The summed E-state index contributed by atoms with van der Waals surface area (Å²) in [5, 5.41) is 20.0. The average Bonchev–Trinajstić information content (AvgIpc) is 2.64. The monoisotopic (exact) mass is 430 g/mol. The average molecular weight is 431 g/mol. The number of hydrogen-bond acceptors (Lipinski definition) is 4. The van der Waals surface area contributed by atoms with Gasteiger partial charge in [-0.25, -0.2) is 4.79 Å². The van der Waals surface area contributed by atoms with Crippen LogP contribution in [0.5, 0.6) is 5.75 Å². The Bertz CT molecular complexity index is 611. The topological polar surface area (TPSA) is 86.7 Å². The summed E-state index contributed by atoms with van der Waals surface area (Å²) in [5.74, 6) is -2.34. The summed E-state index contributed by atoms with van der Waals surface area (Å²) in [7, 11) is 6.72. The van der Waals surface area contributed by atoms with Gasteiger partial charge in [-0.3, -0.25) is 0 Å². The molecular weight excluding hydrogens is 393 g/mol. The molecule has 0 amide bonds. The molecule has 0 aliphatic rings. The first-order valence-electron chi connectivity index (χ1n) is 10.7. The van der Waals surface area contributed by atoms with Gasteiger partial charge >= 0.3 is 35.5 Å². The van der Waals surface area contributed by atoms with Crippen molar-refractivity contribution in [3.8, 4) is 5.75 Å².